The molecule has 0 aliphatic rings. The highest BCUT2D eigenvalue weighted by Crippen LogP contribution is 2.16. The maximum absolute atomic E-state index is 9.63. The van der Waals surface area contributed by atoms with Crippen molar-refractivity contribution in [1.29, 1.82) is 0 Å². The molecule has 4 heteroatoms. The molecule has 0 aromatic heterocycles. The van der Waals surface area contributed by atoms with Crippen LogP contribution in [0.5, 0.6) is 11.5 Å². The monoisotopic (exact) mass is 239 g/mol. The van der Waals surface area contributed by atoms with Crippen LogP contribution in [0.1, 0.15) is 13.3 Å². The molecule has 0 amide bonds. The molecule has 1 aromatic carbocycles. The van der Waals surface area contributed by atoms with Gasteiger partial charge in [-0.05, 0) is 37.2 Å². The molecule has 96 valence electrons. The summed E-state index contributed by atoms with van der Waals surface area (Å²) in [5.41, 5.74) is 0. The predicted molar refractivity (Wildman–Crippen MR) is 67.7 cm³/mol. The van der Waals surface area contributed by atoms with Gasteiger partial charge in [-0.3, -0.25) is 0 Å². The summed E-state index contributed by atoms with van der Waals surface area (Å²) >= 11 is 0. The third-order valence-corrected chi connectivity index (χ3v) is 2.31. The SMILES string of the molecule is CCCNCC(O)COc1ccc(OC)cc1. The summed E-state index contributed by atoms with van der Waals surface area (Å²) in [5.74, 6) is 1.53. The molecule has 0 fully saturated rings. The number of hydrogen-bond acceptors (Lipinski definition) is 4. The first kappa shape index (κ1) is 13.8. The Labute approximate surface area is 103 Å². The maximum atomic E-state index is 9.63. The van der Waals surface area contributed by atoms with Gasteiger partial charge in [0, 0.05) is 6.54 Å². The third kappa shape index (κ3) is 5.56. The summed E-state index contributed by atoms with van der Waals surface area (Å²) in [6.07, 6.45) is 0.579. The molecular formula is C13H21NO3. The molecule has 0 heterocycles. The molecular weight excluding hydrogens is 218 g/mol. The molecule has 2 N–H and O–H groups in total. The summed E-state index contributed by atoms with van der Waals surface area (Å²) in [5, 5.41) is 12.8. The highest BCUT2D eigenvalue weighted by Gasteiger charge is 2.04. The van der Waals surface area contributed by atoms with Crippen molar-refractivity contribution in [2.24, 2.45) is 0 Å². The minimum Gasteiger partial charge on any atom is -0.497 e. The fourth-order valence-corrected chi connectivity index (χ4v) is 1.37. The Morgan fingerprint density at radius 1 is 1.24 bits per heavy atom. The molecule has 0 radical (unpaired) electrons. The highest BCUT2D eigenvalue weighted by atomic mass is 16.5. The molecule has 1 unspecified atom stereocenters. The van der Waals surface area contributed by atoms with Gasteiger partial charge in [0.2, 0.25) is 0 Å². The number of aliphatic hydroxyl groups is 1. The normalized spacial score (nSPS) is 12.2. The minimum absolute atomic E-state index is 0.295. The van der Waals surface area contributed by atoms with E-state index in [1.807, 2.05) is 24.3 Å². The molecule has 0 saturated carbocycles. The van der Waals surface area contributed by atoms with Gasteiger partial charge < -0.3 is 19.9 Å². The van der Waals surface area contributed by atoms with Crippen LogP contribution < -0.4 is 14.8 Å². The van der Waals surface area contributed by atoms with Crippen LogP contribution in [-0.4, -0.2) is 38.0 Å². The molecule has 0 saturated heterocycles. The molecule has 0 bridgehead atoms. The topological polar surface area (TPSA) is 50.7 Å². The molecule has 1 aromatic rings. The van der Waals surface area contributed by atoms with Crippen molar-refractivity contribution in [2.75, 3.05) is 26.8 Å². The van der Waals surface area contributed by atoms with Crippen LogP contribution in [0.3, 0.4) is 0 Å². The van der Waals surface area contributed by atoms with E-state index in [-0.39, 0.29) is 0 Å². The number of ether oxygens (including phenoxy) is 2. The summed E-state index contributed by atoms with van der Waals surface area (Å²) in [7, 11) is 1.62. The van der Waals surface area contributed by atoms with E-state index in [9.17, 15) is 5.11 Å². The van der Waals surface area contributed by atoms with E-state index in [0.29, 0.717) is 13.2 Å². The summed E-state index contributed by atoms with van der Waals surface area (Å²) in [6, 6.07) is 7.31. The lowest BCUT2D eigenvalue weighted by molar-refractivity contribution is 0.106. The molecule has 0 aliphatic heterocycles. The quantitative estimate of drug-likeness (QED) is 0.674. The van der Waals surface area contributed by atoms with Crippen molar-refractivity contribution >= 4 is 0 Å². The van der Waals surface area contributed by atoms with E-state index in [1.165, 1.54) is 0 Å². The van der Waals surface area contributed by atoms with Crippen LogP contribution in [-0.2, 0) is 0 Å². The second kappa shape index (κ2) is 7.92. The van der Waals surface area contributed by atoms with Gasteiger partial charge in [-0.25, -0.2) is 0 Å². The smallest absolute Gasteiger partial charge is 0.119 e. The summed E-state index contributed by atoms with van der Waals surface area (Å²) in [4.78, 5) is 0. The molecule has 0 spiro atoms. The summed E-state index contributed by atoms with van der Waals surface area (Å²) < 4.78 is 10.5. The Balaban J connectivity index is 2.24. The van der Waals surface area contributed by atoms with Gasteiger partial charge in [-0.1, -0.05) is 6.92 Å². The Kier molecular flexibility index (Phi) is 6.43. The van der Waals surface area contributed by atoms with Gasteiger partial charge in [-0.2, -0.15) is 0 Å². The van der Waals surface area contributed by atoms with Crippen molar-refractivity contribution in [3.63, 3.8) is 0 Å². The number of rotatable bonds is 8. The largest absolute Gasteiger partial charge is 0.497 e. The van der Waals surface area contributed by atoms with E-state index in [0.717, 1.165) is 24.5 Å². The van der Waals surface area contributed by atoms with Crippen LogP contribution >= 0.6 is 0 Å². The van der Waals surface area contributed by atoms with Crippen LogP contribution in [0.2, 0.25) is 0 Å². The second-order valence-corrected chi connectivity index (χ2v) is 3.84. The molecule has 0 aliphatic carbocycles. The number of aliphatic hydroxyl groups excluding tert-OH is 1. The average molecular weight is 239 g/mol. The van der Waals surface area contributed by atoms with Crippen molar-refractivity contribution in [3.05, 3.63) is 24.3 Å². The first-order valence-corrected chi connectivity index (χ1v) is 5.92. The van der Waals surface area contributed by atoms with Crippen LogP contribution in [0.15, 0.2) is 24.3 Å². The van der Waals surface area contributed by atoms with Gasteiger partial charge >= 0.3 is 0 Å². The molecule has 17 heavy (non-hydrogen) atoms. The first-order valence-electron chi connectivity index (χ1n) is 5.92. The van der Waals surface area contributed by atoms with E-state index < -0.39 is 6.10 Å². The number of hydrogen-bond donors (Lipinski definition) is 2. The molecule has 1 atom stereocenters. The number of methoxy groups -OCH3 is 1. The van der Waals surface area contributed by atoms with E-state index in [1.54, 1.807) is 7.11 Å². The second-order valence-electron chi connectivity index (χ2n) is 3.84. The highest BCUT2D eigenvalue weighted by molar-refractivity contribution is 5.31. The lowest BCUT2D eigenvalue weighted by Crippen LogP contribution is -2.31. The Hall–Kier alpha value is -1.26. The van der Waals surface area contributed by atoms with Crippen LogP contribution in [0.4, 0.5) is 0 Å². The standard InChI is InChI=1S/C13H21NO3/c1-3-8-14-9-11(15)10-17-13-6-4-12(16-2)5-7-13/h4-7,11,14-15H,3,8-10H2,1-2H3. The van der Waals surface area contributed by atoms with Crippen molar-refractivity contribution in [1.82, 2.24) is 5.32 Å². The fourth-order valence-electron chi connectivity index (χ4n) is 1.37. The Bertz CT molecular complexity index is 300. The van der Waals surface area contributed by atoms with Crippen LogP contribution in [0.25, 0.3) is 0 Å². The molecule has 1 rings (SSSR count). The number of benzene rings is 1. The van der Waals surface area contributed by atoms with Gasteiger partial charge in [0.25, 0.3) is 0 Å². The number of nitrogens with one attached hydrogen (secondary N) is 1. The van der Waals surface area contributed by atoms with Gasteiger partial charge in [0.15, 0.2) is 0 Å². The Morgan fingerprint density at radius 2 is 1.88 bits per heavy atom. The molecule has 4 nitrogen and oxygen atoms in total. The zero-order valence-corrected chi connectivity index (χ0v) is 10.5. The minimum atomic E-state index is -0.483. The zero-order chi connectivity index (χ0) is 12.5. The fraction of sp³-hybridized carbons (Fsp3) is 0.538. The average Bonchev–Trinajstić information content (AvgIpc) is 2.37. The van der Waals surface area contributed by atoms with Crippen molar-refractivity contribution in [2.45, 2.75) is 19.4 Å². The maximum Gasteiger partial charge on any atom is 0.119 e. The van der Waals surface area contributed by atoms with E-state index >= 15 is 0 Å². The van der Waals surface area contributed by atoms with Crippen molar-refractivity contribution < 1.29 is 14.6 Å². The van der Waals surface area contributed by atoms with E-state index in [2.05, 4.69) is 12.2 Å². The summed E-state index contributed by atoms with van der Waals surface area (Å²) in [6.45, 7) is 3.86. The van der Waals surface area contributed by atoms with Crippen LogP contribution in [0, 0.1) is 0 Å². The lowest BCUT2D eigenvalue weighted by atomic mass is 10.3. The lowest BCUT2D eigenvalue weighted by Gasteiger charge is -2.13. The van der Waals surface area contributed by atoms with Gasteiger partial charge in [0.1, 0.15) is 24.2 Å². The Morgan fingerprint density at radius 3 is 2.47 bits per heavy atom. The van der Waals surface area contributed by atoms with Gasteiger partial charge in [-0.15, -0.1) is 0 Å². The van der Waals surface area contributed by atoms with E-state index in [4.69, 9.17) is 9.47 Å². The van der Waals surface area contributed by atoms with Gasteiger partial charge in [0.05, 0.1) is 7.11 Å². The first-order chi connectivity index (χ1) is 8.26. The zero-order valence-electron chi connectivity index (χ0n) is 10.5. The predicted octanol–water partition coefficient (Wildman–Crippen LogP) is 1.43. The van der Waals surface area contributed by atoms with Crippen molar-refractivity contribution in [3.8, 4) is 11.5 Å². The third-order valence-electron chi connectivity index (χ3n) is 2.31.